The highest BCUT2D eigenvalue weighted by Gasteiger charge is 2.25. The molecule has 3 aromatic rings. The van der Waals surface area contributed by atoms with Crippen molar-refractivity contribution in [2.75, 3.05) is 4.72 Å². The van der Waals surface area contributed by atoms with Crippen molar-refractivity contribution in [2.24, 2.45) is 0 Å². The number of nitrogens with one attached hydrogen (secondary N) is 1. The predicted molar refractivity (Wildman–Crippen MR) is 105 cm³/mol. The van der Waals surface area contributed by atoms with Crippen molar-refractivity contribution in [2.45, 2.75) is 51.0 Å². The van der Waals surface area contributed by atoms with E-state index in [1.54, 1.807) is 32.0 Å². The van der Waals surface area contributed by atoms with Crippen molar-refractivity contribution >= 4 is 27.3 Å². The lowest BCUT2D eigenvalue weighted by Crippen LogP contribution is -2.14. The van der Waals surface area contributed by atoms with Crippen molar-refractivity contribution in [3.05, 3.63) is 40.5 Å². The lowest BCUT2D eigenvalue weighted by Gasteiger charge is -2.12. The van der Waals surface area contributed by atoms with Gasteiger partial charge >= 0.3 is 0 Å². The first-order chi connectivity index (χ1) is 13.4. The van der Waals surface area contributed by atoms with Crippen LogP contribution in [-0.2, 0) is 23.0 Å². The van der Waals surface area contributed by atoms with Gasteiger partial charge in [-0.3, -0.25) is 4.72 Å². The van der Waals surface area contributed by atoms with E-state index in [4.69, 9.17) is 16.1 Å². The predicted octanol–water partition coefficient (Wildman–Crippen LogP) is 3.73. The van der Waals surface area contributed by atoms with Gasteiger partial charge in [0.15, 0.2) is 16.5 Å². The minimum atomic E-state index is -3.85. The first-order valence-electron chi connectivity index (χ1n) is 9.04. The Bertz CT molecular complexity index is 1120. The number of hydrogen-bond acceptors (Lipinski definition) is 6. The fourth-order valence-corrected chi connectivity index (χ4v) is 5.09. The molecule has 0 atom stereocenters. The normalized spacial score (nSPS) is 14.5. The van der Waals surface area contributed by atoms with E-state index in [0.29, 0.717) is 27.8 Å². The van der Waals surface area contributed by atoms with Crippen LogP contribution in [0.15, 0.2) is 27.6 Å². The van der Waals surface area contributed by atoms with E-state index >= 15 is 0 Å². The van der Waals surface area contributed by atoms with Gasteiger partial charge in [-0.1, -0.05) is 23.2 Å². The lowest BCUT2D eigenvalue weighted by atomic mass is 10.2. The molecule has 0 amide bonds. The molecule has 1 N–H and O–H groups in total. The first-order valence-corrected chi connectivity index (χ1v) is 10.9. The molecule has 4 rings (SSSR count). The minimum Gasteiger partial charge on any atom is -0.360 e. The smallest absolute Gasteiger partial charge is 0.267 e. The number of halogens is 1. The molecule has 0 saturated heterocycles. The Balaban J connectivity index is 1.72. The van der Waals surface area contributed by atoms with Gasteiger partial charge < -0.3 is 9.09 Å². The highest BCUT2D eigenvalue weighted by molar-refractivity contribution is 7.92. The Kier molecular flexibility index (Phi) is 4.88. The molecule has 1 aliphatic heterocycles. The van der Waals surface area contributed by atoms with E-state index in [-0.39, 0.29) is 10.7 Å². The fourth-order valence-electron chi connectivity index (χ4n) is 3.51. The van der Waals surface area contributed by atoms with Gasteiger partial charge in [0.25, 0.3) is 10.0 Å². The Labute approximate surface area is 168 Å². The van der Waals surface area contributed by atoms with Crippen LogP contribution in [0.1, 0.15) is 36.5 Å². The van der Waals surface area contributed by atoms with Crippen LogP contribution in [-0.4, -0.2) is 28.3 Å². The number of sulfonamides is 1. The zero-order valence-electron chi connectivity index (χ0n) is 15.6. The third-order valence-corrected chi connectivity index (χ3v) is 6.76. The van der Waals surface area contributed by atoms with Crippen molar-refractivity contribution in [3.8, 4) is 11.4 Å². The maximum Gasteiger partial charge on any atom is 0.267 e. The number of anilines is 1. The van der Waals surface area contributed by atoms with Crippen LogP contribution in [0.5, 0.6) is 0 Å². The molecule has 10 heteroatoms. The molecule has 0 unspecified atom stereocenters. The topological polar surface area (TPSA) is 103 Å². The molecule has 0 saturated carbocycles. The zero-order valence-corrected chi connectivity index (χ0v) is 17.1. The number of aromatic nitrogens is 4. The summed E-state index contributed by atoms with van der Waals surface area (Å²) in [6.45, 7) is 3.97. The average molecular weight is 422 g/mol. The van der Waals surface area contributed by atoms with Crippen LogP contribution in [0, 0.1) is 13.8 Å². The van der Waals surface area contributed by atoms with Gasteiger partial charge in [0.05, 0.1) is 5.02 Å². The van der Waals surface area contributed by atoms with Crippen molar-refractivity contribution in [3.63, 3.8) is 0 Å². The highest BCUT2D eigenvalue weighted by atomic mass is 35.5. The summed E-state index contributed by atoms with van der Waals surface area (Å²) in [5.41, 5.74) is 1.33. The second-order valence-corrected chi connectivity index (χ2v) is 8.88. The third-order valence-electron chi connectivity index (χ3n) is 4.81. The summed E-state index contributed by atoms with van der Waals surface area (Å²) >= 11 is 6.41. The molecule has 1 aliphatic rings. The van der Waals surface area contributed by atoms with Gasteiger partial charge in [-0.25, -0.2) is 8.42 Å². The van der Waals surface area contributed by atoms with E-state index in [1.807, 2.05) is 0 Å². The maximum absolute atomic E-state index is 12.8. The summed E-state index contributed by atoms with van der Waals surface area (Å²) in [4.78, 5) is 0.0420. The van der Waals surface area contributed by atoms with Crippen molar-refractivity contribution in [1.82, 2.24) is 19.9 Å². The van der Waals surface area contributed by atoms with Crippen molar-refractivity contribution in [1.29, 1.82) is 0 Å². The molecule has 8 nitrogen and oxygen atoms in total. The van der Waals surface area contributed by atoms with Crippen LogP contribution < -0.4 is 4.72 Å². The maximum atomic E-state index is 12.8. The molecule has 2 aromatic heterocycles. The standard InChI is InChI=1S/C18H20ClN5O3S/c1-11-17(12(2)27-22-11)28(25,26)23-13-7-8-15(19)14(10-13)18-21-20-16-6-4-3-5-9-24(16)18/h7-8,10,23H,3-6,9H2,1-2H3. The second-order valence-electron chi connectivity index (χ2n) is 6.86. The van der Waals surface area contributed by atoms with Crippen LogP contribution in [0.2, 0.25) is 5.02 Å². The van der Waals surface area contributed by atoms with Crippen molar-refractivity contribution < 1.29 is 12.9 Å². The fraction of sp³-hybridized carbons (Fsp3) is 0.389. The zero-order chi connectivity index (χ0) is 19.9. The molecule has 0 fully saturated rings. The Morgan fingerprint density at radius 2 is 2.00 bits per heavy atom. The largest absolute Gasteiger partial charge is 0.360 e. The Morgan fingerprint density at radius 1 is 1.18 bits per heavy atom. The van der Waals surface area contributed by atoms with Crippen LogP contribution in [0.25, 0.3) is 11.4 Å². The summed E-state index contributed by atoms with van der Waals surface area (Å²) in [6.07, 6.45) is 4.16. The molecule has 28 heavy (non-hydrogen) atoms. The number of nitrogens with zero attached hydrogens (tertiary/aromatic N) is 4. The summed E-state index contributed by atoms with van der Waals surface area (Å²) < 4.78 is 35.2. The van der Waals surface area contributed by atoms with Gasteiger partial charge in [0.1, 0.15) is 11.5 Å². The molecule has 0 aliphatic carbocycles. The van der Waals surface area contributed by atoms with Gasteiger partial charge in [0.2, 0.25) is 0 Å². The molecule has 0 spiro atoms. The van der Waals surface area contributed by atoms with E-state index in [1.165, 1.54) is 0 Å². The number of fused-ring (bicyclic) bond motifs is 1. The summed E-state index contributed by atoms with van der Waals surface area (Å²) in [6, 6.07) is 4.95. The van der Waals surface area contributed by atoms with E-state index < -0.39 is 10.0 Å². The summed E-state index contributed by atoms with van der Waals surface area (Å²) in [7, 11) is -3.85. The number of aryl methyl sites for hydroxylation is 3. The van der Waals surface area contributed by atoms with Gasteiger partial charge in [-0.15, -0.1) is 10.2 Å². The van der Waals surface area contributed by atoms with Gasteiger partial charge in [-0.05, 0) is 44.9 Å². The quantitative estimate of drug-likeness (QED) is 0.688. The van der Waals surface area contributed by atoms with Crippen LogP contribution in [0.4, 0.5) is 5.69 Å². The molecule has 1 aromatic carbocycles. The van der Waals surface area contributed by atoms with Crippen LogP contribution >= 0.6 is 11.6 Å². The van der Waals surface area contributed by atoms with Gasteiger partial charge in [0, 0.05) is 24.2 Å². The minimum absolute atomic E-state index is 0.0420. The number of hydrogen-bond donors (Lipinski definition) is 1. The third kappa shape index (κ3) is 3.40. The molecule has 3 heterocycles. The Morgan fingerprint density at radius 3 is 2.75 bits per heavy atom. The molecule has 148 valence electrons. The SMILES string of the molecule is Cc1noc(C)c1S(=O)(=O)Nc1ccc(Cl)c(-c2nnc3n2CCCCC3)c1. The average Bonchev–Trinajstić information content (AvgIpc) is 3.11. The van der Waals surface area contributed by atoms with E-state index in [0.717, 1.165) is 38.1 Å². The highest BCUT2D eigenvalue weighted by Crippen LogP contribution is 2.32. The molecule has 0 radical (unpaired) electrons. The van der Waals surface area contributed by atoms with E-state index in [2.05, 4.69) is 24.6 Å². The van der Waals surface area contributed by atoms with E-state index in [9.17, 15) is 8.42 Å². The van der Waals surface area contributed by atoms with Crippen LogP contribution in [0.3, 0.4) is 0 Å². The number of benzene rings is 1. The van der Waals surface area contributed by atoms with Gasteiger partial charge in [-0.2, -0.15) is 0 Å². The monoisotopic (exact) mass is 421 g/mol. The molecular formula is C18H20ClN5O3S. The molecule has 0 bridgehead atoms. The summed E-state index contributed by atoms with van der Waals surface area (Å²) in [5.74, 6) is 1.83. The Hall–Kier alpha value is -2.39. The summed E-state index contributed by atoms with van der Waals surface area (Å²) in [5, 5.41) is 12.8. The second kappa shape index (κ2) is 7.21. The first kappa shape index (κ1) is 18.9. The molecular weight excluding hydrogens is 402 g/mol. The lowest BCUT2D eigenvalue weighted by molar-refractivity contribution is 0.390. The number of rotatable bonds is 4.